The number of piperidine rings is 1. The van der Waals surface area contributed by atoms with E-state index in [1.165, 1.54) is 25.7 Å². The van der Waals surface area contributed by atoms with Gasteiger partial charge in [0.05, 0.1) is 4.90 Å². The minimum absolute atomic E-state index is 0.413. The van der Waals surface area contributed by atoms with Gasteiger partial charge in [0.25, 0.3) is 0 Å². The minimum atomic E-state index is -3.33. The van der Waals surface area contributed by atoms with Crippen LogP contribution in [0.25, 0.3) is 0 Å². The normalized spacial score (nSPS) is 27.1. The van der Waals surface area contributed by atoms with Gasteiger partial charge in [-0.1, -0.05) is 19.3 Å². The third-order valence-electron chi connectivity index (χ3n) is 5.03. The zero-order chi connectivity index (χ0) is 14.9. The lowest BCUT2D eigenvalue weighted by molar-refractivity contribution is 0.136. The van der Waals surface area contributed by atoms with Gasteiger partial charge >= 0.3 is 0 Å². The van der Waals surface area contributed by atoms with Crippen LogP contribution in [0.15, 0.2) is 29.2 Å². The Labute approximate surface area is 127 Å². The van der Waals surface area contributed by atoms with Crippen molar-refractivity contribution in [2.24, 2.45) is 11.8 Å². The van der Waals surface area contributed by atoms with Gasteiger partial charge in [-0.2, -0.15) is 4.31 Å². The number of rotatable bonds is 3. The van der Waals surface area contributed by atoms with Gasteiger partial charge in [-0.05, 0) is 48.9 Å². The predicted octanol–water partition coefficient (Wildman–Crippen LogP) is 2.93. The van der Waals surface area contributed by atoms with Crippen LogP contribution in [-0.4, -0.2) is 32.9 Å². The Hall–Kier alpha value is -1.07. The van der Waals surface area contributed by atoms with E-state index in [-0.39, 0.29) is 0 Å². The van der Waals surface area contributed by atoms with Crippen LogP contribution in [0.5, 0.6) is 0 Å². The summed E-state index contributed by atoms with van der Waals surface area (Å²) >= 11 is 0. The standard InChI is InChI=1S/C16H24N2O2S/c1-17-15-6-8-16(9-7-15)21(19,20)18-11-10-13-4-2-3-5-14(13)12-18/h6-9,13-14,17H,2-5,10-12H2,1H3. The number of hydrogen-bond donors (Lipinski definition) is 1. The second kappa shape index (κ2) is 5.97. The van der Waals surface area contributed by atoms with Crippen molar-refractivity contribution >= 4 is 15.7 Å². The molecule has 1 saturated heterocycles. The van der Waals surface area contributed by atoms with E-state index in [4.69, 9.17) is 0 Å². The number of nitrogens with one attached hydrogen (secondary N) is 1. The summed E-state index contributed by atoms with van der Waals surface area (Å²) in [6.45, 7) is 1.39. The summed E-state index contributed by atoms with van der Waals surface area (Å²) in [6.07, 6.45) is 6.08. The molecule has 1 aliphatic carbocycles. The summed E-state index contributed by atoms with van der Waals surface area (Å²) in [5.41, 5.74) is 0.930. The second-order valence-electron chi connectivity index (χ2n) is 6.23. The molecular weight excluding hydrogens is 284 g/mol. The van der Waals surface area contributed by atoms with E-state index in [1.807, 2.05) is 19.2 Å². The van der Waals surface area contributed by atoms with E-state index < -0.39 is 10.0 Å². The van der Waals surface area contributed by atoms with Gasteiger partial charge in [0.1, 0.15) is 0 Å². The highest BCUT2D eigenvalue weighted by atomic mass is 32.2. The van der Waals surface area contributed by atoms with E-state index in [0.29, 0.717) is 23.9 Å². The molecule has 0 radical (unpaired) electrons. The fourth-order valence-corrected chi connectivity index (χ4v) is 5.24. The molecule has 3 rings (SSSR count). The lowest BCUT2D eigenvalue weighted by Gasteiger charge is -2.40. The molecule has 2 unspecified atom stereocenters. The molecular formula is C16H24N2O2S. The summed E-state index contributed by atoms with van der Waals surface area (Å²) in [4.78, 5) is 0.413. The molecule has 1 N–H and O–H groups in total. The molecule has 4 nitrogen and oxygen atoms in total. The van der Waals surface area contributed by atoms with E-state index in [9.17, 15) is 8.42 Å². The molecule has 1 aromatic carbocycles. The summed E-state index contributed by atoms with van der Waals surface area (Å²) in [5.74, 6) is 1.32. The lowest BCUT2D eigenvalue weighted by atomic mass is 9.76. The van der Waals surface area contributed by atoms with Crippen molar-refractivity contribution < 1.29 is 8.42 Å². The first-order valence-electron chi connectivity index (χ1n) is 7.89. The number of anilines is 1. The maximum atomic E-state index is 12.8. The van der Waals surface area contributed by atoms with Crippen molar-refractivity contribution in [2.45, 2.75) is 37.0 Å². The van der Waals surface area contributed by atoms with Gasteiger partial charge in [0, 0.05) is 25.8 Å². The fourth-order valence-electron chi connectivity index (χ4n) is 3.73. The van der Waals surface area contributed by atoms with Crippen LogP contribution in [0.3, 0.4) is 0 Å². The van der Waals surface area contributed by atoms with Gasteiger partial charge in [-0.25, -0.2) is 8.42 Å². The van der Waals surface area contributed by atoms with E-state index in [0.717, 1.165) is 18.0 Å². The molecule has 0 aromatic heterocycles. The van der Waals surface area contributed by atoms with Crippen molar-refractivity contribution in [3.8, 4) is 0 Å². The molecule has 1 aliphatic heterocycles. The first-order chi connectivity index (χ1) is 10.1. The molecule has 1 heterocycles. The quantitative estimate of drug-likeness (QED) is 0.934. The minimum Gasteiger partial charge on any atom is -0.388 e. The maximum Gasteiger partial charge on any atom is 0.243 e. The molecule has 2 aliphatic rings. The van der Waals surface area contributed by atoms with Crippen molar-refractivity contribution in [1.29, 1.82) is 0 Å². The SMILES string of the molecule is CNc1ccc(S(=O)(=O)N2CCC3CCCCC3C2)cc1. The topological polar surface area (TPSA) is 49.4 Å². The van der Waals surface area contributed by atoms with Crippen molar-refractivity contribution in [1.82, 2.24) is 4.31 Å². The summed E-state index contributed by atoms with van der Waals surface area (Å²) in [7, 11) is -1.50. The Morgan fingerprint density at radius 1 is 1.05 bits per heavy atom. The molecule has 0 spiro atoms. The third kappa shape index (κ3) is 2.94. The summed E-state index contributed by atoms with van der Waals surface area (Å²) < 4.78 is 27.2. The van der Waals surface area contributed by atoms with Crippen LogP contribution in [0.4, 0.5) is 5.69 Å². The molecule has 0 amide bonds. The van der Waals surface area contributed by atoms with Crippen LogP contribution in [0, 0.1) is 11.8 Å². The Morgan fingerprint density at radius 2 is 1.71 bits per heavy atom. The highest BCUT2D eigenvalue weighted by molar-refractivity contribution is 7.89. The predicted molar refractivity (Wildman–Crippen MR) is 84.8 cm³/mol. The fraction of sp³-hybridized carbons (Fsp3) is 0.625. The third-order valence-corrected chi connectivity index (χ3v) is 6.91. The largest absolute Gasteiger partial charge is 0.388 e. The van der Waals surface area contributed by atoms with Crippen molar-refractivity contribution in [2.75, 3.05) is 25.5 Å². The summed E-state index contributed by atoms with van der Waals surface area (Å²) in [6, 6.07) is 7.04. The van der Waals surface area contributed by atoms with Crippen LogP contribution < -0.4 is 5.32 Å². The van der Waals surface area contributed by atoms with Gasteiger partial charge in [-0.3, -0.25) is 0 Å². The monoisotopic (exact) mass is 308 g/mol. The Morgan fingerprint density at radius 3 is 2.38 bits per heavy atom. The van der Waals surface area contributed by atoms with E-state index in [1.54, 1.807) is 16.4 Å². The molecule has 21 heavy (non-hydrogen) atoms. The zero-order valence-electron chi connectivity index (χ0n) is 12.6. The summed E-state index contributed by atoms with van der Waals surface area (Å²) in [5, 5.41) is 3.01. The number of sulfonamides is 1. The number of benzene rings is 1. The first-order valence-corrected chi connectivity index (χ1v) is 9.33. The number of fused-ring (bicyclic) bond motifs is 1. The van der Waals surface area contributed by atoms with Crippen LogP contribution in [0.1, 0.15) is 32.1 Å². The Bertz CT molecular complexity index is 583. The maximum absolute atomic E-state index is 12.8. The number of hydrogen-bond acceptors (Lipinski definition) is 3. The van der Waals surface area contributed by atoms with Crippen LogP contribution in [0.2, 0.25) is 0 Å². The molecule has 1 saturated carbocycles. The Balaban J connectivity index is 1.78. The average Bonchev–Trinajstić information content (AvgIpc) is 2.54. The van der Waals surface area contributed by atoms with E-state index >= 15 is 0 Å². The van der Waals surface area contributed by atoms with Gasteiger partial charge in [0.15, 0.2) is 0 Å². The van der Waals surface area contributed by atoms with Crippen molar-refractivity contribution in [3.05, 3.63) is 24.3 Å². The molecule has 2 atom stereocenters. The smallest absolute Gasteiger partial charge is 0.243 e. The van der Waals surface area contributed by atoms with Crippen LogP contribution >= 0.6 is 0 Å². The van der Waals surface area contributed by atoms with Gasteiger partial charge < -0.3 is 5.32 Å². The Kier molecular flexibility index (Phi) is 4.22. The van der Waals surface area contributed by atoms with E-state index in [2.05, 4.69) is 5.32 Å². The highest BCUT2D eigenvalue weighted by Crippen LogP contribution is 2.37. The number of nitrogens with zero attached hydrogens (tertiary/aromatic N) is 1. The average molecular weight is 308 g/mol. The zero-order valence-corrected chi connectivity index (χ0v) is 13.4. The van der Waals surface area contributed by atoms with Gasteiger partial charge in [0.2, 0.25) is 10.0 Å². The second-order valence-corrected chi connectivity index (χ2v) is 8.17. The molecule has 116 valence electrons. The van der Waals surface area contributed by atoms with Crippen LogP contribution in [-0.2, 0) is 10.0 Å². The van der Waals surface area contributed by atoms with Gasteiger partial charge in [-0.15, -0.1) is 0 Å². The first kappa shape index (κ1) is 14.9. The molecule has 2 fully saturated rings. The lowest BCUT2D eigenvalue weighted by Crippen LogP contribution is -2.44. The molecule has 5 heteroatoms. The molecule has 1 aromatic rings. The highest BCUT2D eigenvalue weighted by Gasteiger charge is 2.36. The van der Waals surface area contributed by atoms with Crippen molar-refractivity contribution in [3.63, 3.8) is 0 Å². The molecule has 0 bridgehead atoms.